The van der Waals surface area contributed by atoms with Crippen molar-refractivity contribution in [1.82, 2.24) is 14.8 Å². The molecule has 0 unspecified atom stereocenters. The van der Waals surface area contributed by atoms with Crippen LogP contribution in [0.5, 0.6) is 0 Å². The second-order valence-corrected chi connectivity index (χ2v) is 3.09. The molecule has 0 aliphatic rings. The van der Waals surface area contributed by atoms with E-state index in [1.165, 1.54) is 0 Å². The van der Waals surface area contributed by atoms with E-state index in [9.17, 15) is 4.79 Å². The molecule has 0 aliphatic heterocycles. The Morgan fingerprint density at radius 1 is 1.64 bits per heavy atom. The molecule has 2 aromatic rings. The molecule has 0 spiro atoms. The summed E-state index contributed by atoms with van der Waals surface area (Å²) in [5, 5.41) is 7.49. The van der Waals surface area contributed by atoms with Crippen LogP contribution in [0.4, 0.5) is 0 Å². The minimum atomic E-state index is 0.000463. The molecule has 0 amide bonds. The van der Waals surface area contributed by atoms with Crippen LogP contribution in [0.15, 0.2) is 17.1 Å². The number of hydrogen-bond acceptors (Lipinski definition) is 4. The van der Waals surface area contributed by atoms with Crippen molar-refractivity contribution in [3.63, 3.8) is 0 Å². The van der Waals surface area contributed by atoms with Crippen LogP contribution in [0, 0.1) is 0 Å². The van der Waals surface area contributed by atoms with E-state index in [4.69, 9.17) is 0 Å². The molecule has 0 radical (unpaired) electrons. The van der Waals surface area contributed by atoms with Crippen molar-refractivity contribution in [1.29, 1.82) is 0 Å². The van der Waals surface area contributed by atoms with Gasteiger partial charge in [-0.05, 0) is 6.07 Å². The van der Waals surface area contributed by atoms with Crippen LogP contribution >= 0.6 is 11.3 Å². The molecule has 0 aliphatic carbocycles. The summed E-state index contributed by atoms with van der Waals surface area (Å²) in [5.41, 5.74) is 0.843. The predicted molar refractivity (Wildman–Crippen MR) is 42.7 cm³/mol. The minimum Gasteiger partial charge on any atom is -0.300 e. The topological polar surface area (TPSA) is 47.8 Å². The first kappa shape index (κ1) is 6.48. The lowest BCUT2D eigenvalue weighted by molar-refractivity contribution is 0.932. The second-order valence-electron chi connectivity index (χ2n) is 2.15. The van der Waals surface area contributed by atoms with Crippen LogP contribution in [-0.2, 0) is 7.05 Å². The highest BCUT2D eigenvalue weighted by atomic mass is 32.1. The van der Waals surface area contributed by atoms with Gasteiger partial charge in [-0.25, -0.2) is 0 Å². The van der Waals surface area contributed by atoms with Gasteiger partial charge in [0, 0.05) is 7.05 Å². The highest BCUT2D eigenvalue weighted by molar-refractivity contribution is 7.15. The number of thiazole rings is 1. The summed E-state index contributed by atoms with van der Waals surface area (Å²) in [6.45, 7) is 0. The Kier molecular flexibility index (Phi) is 1.25. The summed E-state index contributed by atoms with van der Waals surface area (Å²) in [7, 11) is 1.73. The molecule has 0 bridgehead atoms. The van der Waals surface area contributed by atoms with E-state index < -0.39 is 0 Å². The molecule has 0 atom stereocenters. The molecule has 4 nitrogen and oxygen atoms in total. The van der Waals surface area contributed by atoms with E-state index in [2.05, 4.69) is 10.2 Å². The molecule has 0 aromatic carbocycles. The summed E-state index contributed by atoms with van der Waals surface area (Å²) in [4.78, 5) is 11.7. The predicted octanol–water partition coefficient (Wildman–Crippen LogP) is 0.390. The maximum atomic E-state index is 11.1. The number of nitrogens with zero attached hydrogens (tertiary/aromatic N) is 3. The number of fused-ring (bicyclic) bond motifs is 1. The maximum Gasteiger partial charge on any atom is 0.309 e. The van der Waals surface area contributed by atoms with Gasteiger partial charge in [-0.2, -0.15) is 5.10 Å². The first-order chi connectivity index (χ1) is 5.29. The average Bonchev–Trinajstić information content (AvgIpc) is 2.30. The Bertz CT molecular complexity index is 444. The van der Waals surface area contributed by atoms with E-state index in [1.807, 2.05) is 0 Å². The quantitative estimate of drug-likeness (QED) is 0.570. The summed E-state index contributed by atoms with van der Waals surface area (Å²) >= 11 is 1.11. The molecular weight excluding hydrogens is 162 g/mol. The van der Waals surface area contributed by atoms with Gasteiger partial charge in [-0.3, -0.25) is 4.79 Å². The summed E-state index contributed by atoms with van der Waals surface area (Å²) in [6, 6.07) is 1.78. The van der Waals surface area contributed by atoms with Crippen LogP contribution in [0.3, 0.4) is 0 Å². The first-order valence-electron chi connectivity index (χ1n) is 3.06. The molecule has 0 saturated heterocycles. The molecule has 2 rings (SSSR count). The SMILES string of the molecule is Cn1c(=O)sc2nnccc21. The second kappa shape index (κ2) is 2.13. The van der Waals surface area contributed by atoms with Crippen molar-refractivity contribution in [2.24, 2.45) is 7.05 Å². The largest absolute Gasteiger partial charge is 0.309 e. The van der Waals surface area contributed by atoms with Gasteiger partial charge in [0.05, 0.1) is 11.7 Å². The minimum absolute atomic E-state index is 0.000463. The smallest absolute Gasteiger partial charge is 0.300 e. The van der Waals surface area contributed by atoms with Crippen molar-refractivity contribution >= 4 is 21.7 Å². The lowest BCUT2D eigenvalue weighted by atomic mass is 10.5. The third-order valence-corrected chi connectivity index (χ3v) is 2.42. The molecule has 5 heteroatoms. The standard InChI is InChI=1S/C6H5N3OS/c1-9-4-2-3-7-8-5(4)11-6(9)10/h2-3H,1H3. The third-order valence-electron chi connectivity index (χ3n) is 1.49. The van der Waals surface area contributed by atoms with Crippen LogP contribution in [0.25, 0.3) is 10.3 Å². The summed E-state index contributed by atoms with van der Waals surface area (Å²) < 4.78 is 1.56. The zero-order valence-corrected chi connectivity index (χ0v) is 6.63. The van der Waals surface area contributed by atoms with Crippen molar-refractivity contribution in [3.05, 3.63) is 21.9 Å². The van der Waals surface area contributed by atoms with E-state index in [1.54, 1.807) is 23.9 Å². The number of aromatic nitrogens is 3. The summed E-state index contributed by atoms with van der Waals surface area (Å²) in [5.74, 6) is 0. The molecular formula is C6H5N3OS. The Labute approximate surface area is 66.1 Å². The fourth-order valence-corrected chi connectivity index (χ4v) is 1.69. The van der Waals surface area contributed by atoms with Crippen LogP contribution in [-0.4, -0.2) is 14.8 Å². The van der Waals surface area contributed by atoms with E-state index >= 15 is 0 Å². The summed E-state index contributed by atoms with van der Waals surface area (Å²) in [6.07, 6.45) is 1.58. The molecule has 0 fully saturated rings. The Hall–Kier alpha value is -1.23. The maximum absolute atomic E-state index is 11.1. The van der Waals surface area contributed by atoms with Gasteiger partial charge < -0.3 is 4.57 Å². The first-order valence-corrected chi connectivity index (χ1v) is 3.88. The third kappa shape index (κ3) is 0.848. The van der Waals surface area contributed by atoms with E-state index in [0.29, 0.717) is 4.83 Å². The number of rotatable bonds is 0. The van der Waals surface area contributed by atoms with Gasteiger partial charge in [-0.15, -0.1) is 5.10 Å². The molecule has 2 heterocycles. The van der Waals surface area contributed by atoms with Gasteiger partial charge in [0.2, 0.25) is 0 Å². The van der Waals surface area contributed by atoms with Crippen LogP contribution in [0.2, 0.25) is 0 Å². The normalized spacial score (nSPS) is 10.6. The van der Waals surface area contributed by atoms with Gasteiger partial charge in [0.1, 0.15) is 0 Å². The van der Waals surface area contributed by atoms with E-state index in [0.717, 1.165) is 16.9 Å². The fourth-order valence-electron chi connectivity index (χ4n) is 0.890. The fraction of sp³-hybridized carbons (Fsp3) is 0.167. The van der Waals surface area contributed by atoms with Crippen molar-refractivity contribution < 1.29 is 0 Å². The number of aryl methyl sites for hydroxylation is 1. The number of hydrogen-bond donors (Lipinski definition) is 0. The molecule has 11 heavy (non-hydrogen) atoms. The van der Waals surface area contributed by atoms with Crippen molar-refractivity contribution in [2.75, 3.05) is 0 Å². The Morgan fingerprint density at radius 3 is 3.18 bits per heavy atom. The zero-order valence-electron chi connectivity index (χ0n) is 5.81. The molecule has 2 aromatic heterocycles. The van der Waals surface area contributed by atoms with Crippen molar-refractivity contribution in [2.45, 2.75) is 0 Å². The van der Waals surface area contributed by atoms with Gasteiger partial charge in [-0.1, -0.05) is 11.3 Å². The molecule has 0 saturated carbocycles. The molecule has 0 N–H and O–H groups in total. The Balaban J connectivity index is 3.04. The monoisotopic (exact) mass is 167 g/mol. The molecule has 56 valence electrons. The van der Waals surface area contributed by atoms with Gasteiger partial charge >= 0.3 is 4.87 Å². The highest BCUT2D eigenvalue weighted by Gasteiger charge is 2.02. The lowest BCUT2D eigenvalue weighted by Crippen LogP contribution is -2.06. The van der Waals surface area contributed by atoms with Gasteiger partial charge in [0.15, 0.2) is 4.83 Å². The van der Waals surface area contributed by atoms with Crippen molar-refractivity contribution in [3.8, 4) is 0 Å². The average molecular weight is 167 g/mol. The highest BCUT2D eigenvalue weighted by Crippen LogP contribution is 2.09. The van der Waals surface area contributed by atoms with E-state index in [-0.39, 0.29) is 4.87 Å². The Morgan fingerprint density at radius 2 is 2.45 bits per heavy atom. The van der Waals surface area contributed by atoms with Gasteiger partial charge in [0.25, 0.3) is 0 Å². The van der Waals surface area contributed by atoms with Crippen LogP contribution < -0.4 is 4.87 Å². The zero-order chi connectivity index (χ0) is 7.84. The van der Waals surface area contributed by atoms with Crippen LogP contribution in [0.1, 0.15) is 0 Å². The lowest BCUT2D eigenvalue weighted by Gasteiger charge is -1.88.